The lowest BCUT2D eigenvalue weighted by molar-refractivity contribution is 0.609. The van der Waals surface area contributed by atoms with Gasteiger partial charge < -0.3 is 0 Å². The molecule has 0 rings (SSSR count). The average molecular weight is 492 g/mol. The molecule has 0 N–H and O–H groups in total. The molecule has 0 radical (unpaired) electrons. The van der Waals surface area contributed by atoms with Gasteiger partial charge in [-0.15, -0.1) is 13.2 Å². The van der Waals surface area contributed by atoms with E-state index >= 15 is 0 Å². The van der Waals surface area contributed by atoms with Gasteiger partial charge in [-0.1, -0.05) is 127 Å². The van der Waals surface area contributed by atoms with Crippen molar-refractivity contribution in [2.45, 2.75) is 154 Å². The van der Waals surface area contributed by atoms with Gasteiger partial charge in [-0.3, -0.25) is 4.99 Å². The Morgan fingerprint density at radius 2 is 1.03 bits per heavy atom. The maximum atomic E-state index is 4.84. The number of aliphatic imine (C=N–C) groups is 1. The number of nitrogens with zero attached hydrogens (tertiary/aromatic N) is 1. The zero-order valence-corrected chi connectivity index (χ0v) is 25.9. The molecule has 0 aromatic carbocycles. The van der Waals surface area contributed by atoms with E-state index in [2.05, 4.69) is 60.9 Å². The van der Waals surface area contributed by atoms with Crippen molar-refractivity contribution in [1.29, 1.82) is 0 Å². The van der Waals surface area contributed by atoms with Gasteiger partial charge in [0.25, 0.3) is 0 Å². The molecule has 0 unspecified atom stereocenters. The highest BCUT2D eigenvalue weighted by Gasteiger charge is 2.30. The number of hydrogen-bond donors (Lipinski definition) is 0. The van der Waals surface area contributed by atoms with E-state index in [0.29, 0.717) is 0 Å². The average Bonchev–Trinajstić information content (AvgIpc) is 2.72. The lowest BCUT2D eigenvalue weighted by atomic mass is 10.1. The first kappa shape index (κ1) is 32.6. The molecule has 0 spiro atoms. The molecule has 0 atom stereocenters. The van der Waals surface area contributed by atoms with E-state index in [4.69, 9.17) is 4.99 Å². The Labute approximate surface area is 212 Å². The standard InChI is InChI=1S/C30H61NSi2/c1-9-21-32(22-10-2,27-29(5)6)25-18-16-14-13-15-17-19-31-20-26-33(23-11-3,24-12-4)28-30(7)8/h20H,5,7,9-19,21-28H2,1-4,6,8H3. The second-order valence-electron chi connectivity index (χ2n) is 11.4. The Morgan fingerprint density at radius 3 is 1.52 bits per heavy atom. The van der Waals surface area contributed by atoms with Gasteiger partial charge in [-0.05, 0) is 44.6 Å². The normalized spacial score (nSPS) is 12.5. The van der Waals surface area contributed by atoms with Crippen molar-refractivity contribution in [2.75, 3.05) is 6.54 Å². The molecule has 0 amide bonds. The number of rotatable bonds is 23. The van der Waals surface area contributed by atoms with Crippen LogP contribution in [0.15, 0.2) is 29.3 Å². The Hall–Kier alpha value is -0.416. The first-order chi connectivity index (χ1) is 15.8. The molecule has 0 bridgehead atoms. The Kier molecular flexibility index (Phi) is 19.6. The topological polar surface area (TPSA) is 12.4 Å². The molecule has 0 aliphatic heterocycles. The summed E-state index contributed by atoms with van der Waals surface area (Å²) in [5.41, 5.74) is 2.83. The van der Waals surface area contributed by atoms with Crippen molar-refractivity contribution in [3.05, 3.63) is 24.3 Å². The number of hydrogen-bond acceptors (Lipinski definition) is 1. The van der Waals surface area contributed by atoms with Gasteiger partial charge in [0, 0.05) is 6.54 Å². The maximum Gasteiger partial charge on any atom is 0.0629 e. The summed E-state index contributed by atoms with van der Waals surface area (Å²) >= 11 is 0. The summed E-state index contributed by atoms with van der Waals surface area (Å²) < 4.78 is 0. The molecule has 0 aromatic heterocycles. The fourth-order valence-corrected chi connectivity index (χ4v) is 17.1. The molecule has 0 heterocycles. The third-order valence-corrected chi connectivity index (χ3v) is 18.8. The van der Waals surface area contributed by atoms with Crippen LogP contribution in [0.1, 0.15) is 106 Å². The van der Waals surface area contributed by atoms with E-state index in [1.807, 2.05) is 0 Å². The molecule has 0 fully saturated rings. The van der Waals surface area contributed by atoms with Gasteiger partial charge in [-0.2, -0.15) is 0 Å². The van der Waals surface area contributed by atoms with Crippen LogP contribution < -0.4 is 0 Å². The number of unbranched alkanes of at least 4 members (excludes halogenated alkanes) is 5. The molecule has 0 aromatic rings. The Morgan fingerprint density at radius 1 is 0.606 bits per heavy atom. The molecule has 1 nitrogen and oxygen atoms in total. The fraction of sp³-hybridized carbons (Fsp3) is 0.833. The van der Waals surface area contributed by atoms with E-state index in [1.165, 1.54) is 124 Å². The highest BCUT2D eigenvalue weighted by Crippen LogP contribution is 2.34. The van der Waals surface area contributed by atoms with Crippen molar-refractivity contribution in [3.63, 3.8) is 0 Å². The molecule has 0 saturated carbocycles. The van der Waals surface area contributed by atoms with E-state index < -0.39 is 16.1 Å². The summed E-state index contributed by atoms with van der Waals surface area (Å²) in [5.74, 6) is 0. The van der Waals surface area contributed by atoms with Crippen LogP contribution in [0.2, 0.25) is 48.4 Å². The van der Waals surface area contributed by atoms with E-state index in [0.717, 1.165) is 6.54 Å². The van der Waals surface area contributed by atoms with E-state index in [1.54, 1.807) is 0 Å². The monoisotopic (exact) mass is 491 g/mol. The summed E-state index contributed by atoms with van der Waals surface area (Å²) in [7, 11) is -2.35. The number of allylic oxidation sites excluding steroid dienone is 2. The molecule has 3 heteroatoms. The van der Waals surface area contributed by atoms with Crippen LogP contribution in [0.3, 0.4) is 0 Å². The minimum atomic E-state index is -1.24. The second-order valence-corrected chi connectivity index (χ2v) is 21.0. The van der Waals surface area contributed by atoms with Gasteiger partial charge in [-0.25, -0.2) is 0 Å². The highest BCUT2D eigenvalue weighted by atomic mass is 28.3. The van der Waals surface area contributed by atoms with Crippen molar-refractivity contribution < 1.29 is 0 Å². The molecule has 0 saturated heterocycles. The second kappa shape index (κ2) is 19.8. The first-order valence-corrected chi connectivity index (χ1v) is 20.2. The zero-order valence-electron chi connectivity index (χ0n) is 23.9. The minimum Gasteiger partial charge on any atom is -0.298 e. The predicted octanol–water partition coefficient (Wildman–Crippen LogP) is 11.1. The van der Waals surface area contributed by atoms with Gasteiger partial charge in [0.2, 0.25) is 0 Å². The third kappa shape index (κ3) is 16.0. The van der Waals surface area contributed by atoms with Crippen molar-refractivity contribution in [2.24, 2.45) is 4.99 Å². The van der Waals surface area contributed by atoms with Gasteiger partial charge in [0.15, 0.2) is 0 Å². The maximum absolute atomic E-state index is 4.84. The van der Waals surface area contributed by atoms with Gasteiger partial charge >= 0.3 is 0 Å². The van der Waals surface area contributed by atoms with Crippen LogP contribution in [0.5, 0.6) is 0 Å². The fourth-order valence-electron chi connectivity index (χ4n) is 6.38. The lowest BCUT2D eigenvalue weighted by Crippen LogP contribution is -2.34. The smallest absolute Gasteiger partial charge is 0.0629 e. The largest absolute Gasteiger partial charge is 0.298 e. The summed E-state index contributed by atoms with van der Waals surface area (Å²) in [6.45, 7) is 23.5. The van der Waals surface area contributed by atoms with Crippen LogP contribution in [-0.4, -0.2) is 28.9 Å². The van der Waals surface area contributed by atoms with Crippen LogP contribution in [0, 0.1) is 0 Å². The van der Waals surface area contributed by atoms with Gasteiger partial charge in [0.05, 0.1) is 16.1 Å². The molecule has 0 aliphatic rings. The van der Waals surface area contributed by atoms with E-state index in [9.17, 15) is 0 Å². The van der Waals surface area contributed by atoms with Crippen molar-refractivity contribution in [3.8, 4) is 0 Å². The summed E-state index contributed by atoms with van der Waals surface area (Å²) in [6, 6.07) is 11.4. The SMILES string of the molecule is C=C(C)C[Si](CC=NCCCCCCCC[Si](CCC)(CCC)CC(=C)C)(CCC)CCC. The summed E-state index contributed by atoms with van der Waals surface area (Å²) in [6.07, 6.45) is 16.0. The highest BCUT2D eigenvalue weighted by molar-refractivity contribution is 6.82. The van der Waals surface area contributed by atoms with Crippen LogP contribution >= 0.6 is 0 Å². The van der Waals surface area contributed by atoms with Crippen molar-refractivity contribution >= 4 is 22.4 Å². The van der Waals surface area contributed by atoms with E-state index in [-0.39, 0.29) is 0 Å². The van der Waals surface area contributed by atoms with Crippen molar-refractivity contribution in [1.82, 2.24) is 0 Å². The zero-order chi connectivity index (χ0) is 25.0. The molecular formula is C30H61NSi2. The summed E-state index contributed by atoms with van der Waals surface area (Å²) in [5, 5.41) is 0. The molecule has 33 heavy (non-hydrogen) atoms. The minimum absolute atomic E-state index is 1.04. The molecule has 194 valence electrons. The molecular weight excluding hydrogens is 431 g/mol. The Bertz CT molecular complexity index is 525. The molecule has 0 aliphatic carbocycles. The Balaban J connectivity index is 4.21. The first-order valence-electron chi connectivity index (χ1n) is 14.6. The summed E-state index contributed by atoms with van der Waals surface area (Å²) in [4.78, 5) is 4.84. The van der Waals surface area contributed by atoms with Crippen LogP contribution in [-0.2, 0) is 0 Å². The third-order valence-electron chi connectivity index (χ3n) is 7.37. The lowest BCUT2D eigenvalue weighted by Gasteiger charge is -2.32. The van der Waals surface area contributed by atoms with Gasteiger partial charge in [0.1, 0.15) is 0 Å². The van der Waals surface area contributed by atoms with Crippen LogP contribution in [0.4, 0.5) is 0 Å². The van der Waals surface area contributed by atoms with Crippen LogP contribution in [0.25, 0.3) is 0 Å². The quantitative estimate of drug-likeness (QED) is 0.0583. The predicted molar refractivity (Wildman–Crippen MR) is 162 cm³/mol.